The number of aryl methyl sites for hydroxylation is 1. The highest BCUT2D eigenvalue weighted by atomic mass is 32.1. The number of rotatable bonds is 0. The van der Waals surface area contributed by atoms with Crippen LogP contribution in [0.25, 0.3) is 10.2 Å². The molecule has 0 saturated heterocycles. The predicted octanol–water partition coefficient (Wildman–Crippen LogP) is 2.74. The van der Waals surface area contributed by atoms with Crippen LogP contribution in [0.4, 0.5) is 4.39 Å². The van der Waals surface area contributed by atoms with E-state index in [1.807, 2.05) is 13.0 Å². The largest absolute Gasteiger partial charge is 0.241 e. The van der Waals surface area contributed by atoms with Crippen LogP contribution < -0.4 is 0 Å². The number of halogens is 1. The molecular weight excluding hydrogens is 161 g/mol. The number of thiazole rings is 1. The van der Waals surface area contributed by atoms with Crippen molar-refractivity contribution in [2.24, 2.45) is 0 Å². The molecule has 0 amide bonds. The van der Waals surface area contributed by atoms with Crippen molar-refractivity contribution < 1.29 is 4.39 Å². The topological polar surface area (TPSA) is 12.9 Å². The maximum absolute atomic E-state index is 13.0. The zero-order chi connectivity index (χ0) is 7.84. The van der Waals surface area contributed by atoms with Gasteiger partial charge in [-0.2, -0.15) is 0 Å². The summed E-state index contributed by atoms with van der Waals surface area (Å²) in [6.07, 6.45) is 0. The highest BCUT2D eigenvalue weighted by Crippen LogP contribution is 2.23. The van der Waals surface area contributed by atoms with E-state index in [4.69, 9.17) is 0 Å². The van der Waals surface area contributed by atoms with Crippen molar-refractivity contribution >= 4 is 21.6 Å². The van der Waals surface area contributed by atoms with Crippen molar-refractivity contribution in [2.45, 2.75) is 6.92 Å². The van der Waals surface area contributed by atoms with Crippen LogP contribution in [0.3, 0.4) is 0 Å². The molecule has 0 N–H and O–H groups in total. The minimum atomic E-state index is -0.173. The number of nitrogens with zero attached hydrogens (tertiary/aromatic N) is 1. The van der Waals surface area contributed by atoms with Gasteiger partial charge in [0, 0.05) is 0 Å². The van der Waals surface area contributed by atoms with Gasteiger partial charge in [0.15, 0.2) is 0 Å². The molecule has 1 aromatic heterocycles. The summed E-state index contributed by atoms with van der Waals surface area (Å²) in [6, 6.07) is 4.96. The Morgan fingerprint density at radius 3 is 3.00 bits per heavy atom. The zero-order valence-corrected chi connectivity index (χ0v) is 6.78. The van der Waals surface area contributed by atoms with E-state index in [-0.39, 0.29) is 5.82 Å². The highest BCUT2D eigenvalue weighted by Gasteiger charge is 2.03. The van der Waals surface area contributed by atoms with E-state index < -0.39 is 0 Å². The quantitative estimate of drug-likeness (QED) is 0.588. The number of aromatic nitrogens is 1. The summed E-state index contributed by atoms with van der Waals surface area (Å²) in [7, 11) is 0. The van der Waals surface area contributed by atoms with Crippen molar-refractivity contribution in [3.8, 4) is 0 Å². The molecule has 1 nitrogen and oxygen atoms in total. The van der Waals surface area contributed by atoms with E-state index in [0.717, 1.165) is 10.5 Å². The van der Waals surface area contributed by atoms with Crippen LogP contribution in [0.2, 0.25) is 0 Å². The molecule has 0 bridgehead atoms. The van der Waals surface area contributed by atoms with Crippen LogP contribution in [0.15, 0.2) is 18.2 Å². The third-order valence-corrected chi connectivity index (χ3v) is 2.47. The van der Waals surface area contributed by atoms with E-state index in [2.05, 4.69) is 4.98 Å². The van der Waals surface area contributed by atoms with Crippen molar-refractivity contribution in [3.63, 3.8) is 0 Å². The second-order valence-electron chi connectivity index (χ2n) is 2.32. The van der Waals surface area contributed by atoms with E-state index in [0.29, 0.717) is 4.70 Å². The molecule has 0 fully saturated rings. The highest BCUT2D eigenvalue weighted by molar-refractivity contribution is 7.18. The van der Waals surface area contributed by atoms with Gasteiger partial charge in [-0.3, -0.25) is 0 Å². The number of benzene rings is 1. The molecule has 1 aromatic carbocycles. The van der Waals surface area contributed by atoms with E-state index in [9.17, 15) is 4.39 Å². The van der Waals surface area contributed by atoms with E-state index in [1.165, 1.54) is 17.4 Å². The molecule has 11 heavy (non-hydrogen) atoms. The lowest BCUT2D eigenvalue weighted by Gasteiger charge is -1.86. The second kappa shape index (κ2) is 2.27. The van der Waals surface area contributed by atoms with Gasteiger partial charge in [-0.1, -0.05) is 6.07 Å². The Balaban J connectivity index is 2.90. The third kappa shape index (κ3) is 1.01. The van der Waals surface area contributed by atoms with Crippen molar-refractivity contribution in [1.29, 1.82) is 0 Å². The van der Waals surface area contributed by atoms with E-state index >= 15 is 0 Å². The molecule has 0 spiro atoms. The number of fused-ring (bicyclic) bond motifs is 1. The van der Waals surface area contributed by atoms with Gasteiger partial charge < -0.3 is 0 Å². The number of hydrogen-bond acceptors (Lipinski definition) is 2. The van der Waals surface area contributed by atoms with Gasteiger partial charge >= 0.3 is 0 Å². The minimum absolute atomic E-state index is 0.173. The molecule has 2 aromatic rings. The first-order valence-corrected chi connectivity index (χ1v) is 4.10. The monoisotopic (exact) mass is 167 g/mol. The minimum Gasteiger partial charge on any atom is -0.241 e. The molecule has 0 aliphatic rings. The fourth-order valence-electron chi connectivity index (χ4n) is 1.03. The first-order chi connectivity index (χ1) is 5.27. The fourth-order valence-corrected chi connectivity index (χ4v) is 1.85. The molecule has 56 valence electrons. The van der Waals surface area contributed by atoms with Crippen LogP contribution in [-0.4, -0.2) is 4.98 Å². The van der Waals surface area contributed by atoms with Gasteiger partial charge in [0.2, 0.25) is 0 Å². The summed E-state index contributed by atoms with van der Waals surface area (Å²) in [5.74, 6) is -0.173. The van der Waals surface area contributed by atoms with Gasteiger partial charge in [-0.25, -0.2) is 9.37 Å². The first kappa shape index (κ1) is 6.73. The molecule has 0 aliphatic carbocycles. The summed E-state index contributed by atoms with van der Waals surface area (Å²) in [5, 5.41) is 0.908. The molecule has 3 heteroatoms. The van der Waals surface area contributed by atoms with Crippen LogP contribution in [0.1, 0.15) is 5.01 Å². The smallest absolute Gasteiger partial charge is 0.142 e. The lowest BCUT2D eigenvalue weighted by molar-refractivity contribution is 0.641. The summed E-state index contributed by atoms with van der Waals surface area (Å²) < 4.78 is 13.6. The van der Waals surface area contributed by atoms with Crippen molar-refractivity contribution in [1.82, 2.24) is 4.98 Å². The first-order valence-electron chi connectivity index (χ1n) is 3.29. The van der Waals surface area contributed by atoms with Gasteiger partial charge in [-0.15, -0.1) is 11.3 Å². The molecule has 0 aliphatic heterocycles. The third-order valence-electron chi connectivity index (χ3n) is 1.47. The molecule has 0 radical (unpaired) electrons. The molecule has 1 heterocycles. The average Bonchev–Trinajstić information content (AvgIpc) is 2.31. The summed E-state index contributed by atoms with van der Waals surface area (Å²) in [5.41, 5.74) is 0.757. The van der Waals surface area contributed by atoms with Crippen LogP contribution in [0.5, 0.6) is 0 Å². The summed E-state index contributed by atoms with van der Waals surface area (Å²) >= 11 is 1.39. The Hall–Kier alpha value is -0.960. The Labute approximate surface area is 67.5 Å². The molecule has 0 atom stereocenters. The summed E-state index contributed by atoms with van der Waals surface area (Å²) in [6.45, 7) is 1.88. The normalized spacial score (nSPS) is 10.7. The van der Waals surface area contributed by atoms with Crippen LogP contribution >= 0.6 is 11.3 Å². The molecule has 0 saturated carbocycles. The molecule has 0 unspecified atom stereocenters. The van der Waals surface area contributed by atoms with Gasteiger partial charge in [0.1, 0.15) is 5.82 Å². The maximum Gasteiger partial charge on any atom is 0.142 e. The van der Waals surface area contributed by atoms with Gasteiger partial charge in [0.25, 0.3) is 0 Å². The zero-order valence-electron chi connectivity index (χ0n) is 5.97. The Kier molecular flexibility index (Phi) is 1.39. The average molecular weight is 167 g/mol. The second-order valence-corrected chi connectivity index (χ2v) is 3.52. The molecule has 2 rings (SSSR count). The number of hydrogen-bond donors (Lipinski definition) is 0. The Morgan fingerprint density at radius 1 is 1.45 bits per heavy atom. The standard InChI is InChI=1S/C8H6FNS/c1-5-10-7-4-2-3-6(9)8(7)11-5/h2-4H,1H3. The van der Waals surface area contributed by atoms with E-state index in [1.54, 1.807) is 6.07 Å². The fraction of sp³-hybridized carbons (Fsp3) is 0.125. The Morgan fingerprint density at radius 2 is 2.27 bits per heavy atom. The Bertz CT molecular complexity index is 394. The van der Waals surface area contributed by atoms with Crippen molar-refractivity contribution in [3.05, 3.63) is 29.0 Å². The predicted molar refractivity (Wildman–Crippen MR) is 44.3 cm³/mol. The van der Waals surface area contributed by atoms with Gasteiger partial charge in [-0.05, 0) is 19.1 Å². The SMILES string of the molecule is Cc1nc2cccc(F)c2s1. The lowest BCUT2D eigenvalue weighted by Crippen LogP contribution is -1.72. The van der Waals surface area contributed by atoms with Crippen LogP contribution in [-0.2, 0) is 0 Å². The van der Waals surface area contributed by atoms with Gasteiger partial charge in [0.05, 0.1) is 15.2 Å². The lowest BCUT2D eigenvalue weighted by atomic mass is 10.3. The maximum atomic E-state index is 13.0. The van der Waals surface area contributed by atoms with Crippen molar-refractivity contribution in [2.75, 3.05) is 0 Å². The summed E-state index contributed by atoms with van der Waals surface area (Å²) in [4.78, 5) is 4.15. The molecular formula is C8H6FNS. The van der Waals surface area contributed by atoms with Crippen LogP contribution in [0, 0.1) is 12.7 Å².